The third kappa shape index (κ3) is 3.76. The molecule has 4 rings (SSSR count). The molecule has 2 unspecified atom stereocenters. The van der Waals surface area contributed by atoms with Crippen molar-refractivity contribution in [2.24, 2.45) is 0 Å². The lowest BCUT2D eigenvalue weighted by molar-refractivity contribution is -0.155. The van der Waals surface area contributed by atoms with Crippen molar-refractivity contribution in [2.75, 3.05) is 13.2 Å². The Labute approximate surface area is 173 Å². The molecule has 7 heteroatoms. The highest BCUT2D eigenvalue weighted by Gasteiger charge is 2.55. The second-order valence-corrected chi connectivity index (χ2v) is 7.36. The molecular formula is C22H19ClN2O4. The third-order valence-corrected chi connectivity index (χ3v) is 5.31. The number of nitrogens with zero attached hydrogens (tertiary/aromatic N) is 2. The van der Waals surface area contributed by atoms with Crippen molar-refractivity contribution in [1.82, 2.24) is 9.80 Å². The molecule has 2 saturated heterocycles. The molecule has 2 heterocycles. The molecule has 0 N–H and O–H groups in total. The van der Waals surface area contributed by atoms with E-state index >= 15 is 0 Å². The molecule has 2 aliphatic heterocycles. The van der Waals surface area contributed by atoms with Gasteiger partial charge in [-0.05, 0) is 22.7 Å². The minimum atomic E-state index is -0.744. The van der Waals surface area contributed by atoms with E-state index in [0.717, 1.165) is 11.1 Å². The fourth-order valence-corrected chi connectivity index (χ4v) is 3.94. The van der Waals surface area contributed by atoms with E-state index in [1.807, 2.05) is 72.8 Å². The summed E-state index contributed by atoms with van der Waals surface area (Å²) in [5.74, 6) is -0.318. The van der Waals surface area contributed by atoms with Gasteiger partial charge in [0.1, 0.15) is 12.6 Å². The van der Waals surface area contributed by atoms with Gasteiger partial charge in [-0.3, -0.25) is 14.5 Å². The van der Waals surface area contributed by atoms with Gasteiger partial charge < -0.3 is 9.64 Å². The van der Waals surface area contributed by atoms with Crippen molar-refractivity contribution in [3.63, 3.8) is 0 Å². The average molecular weight is 411 g/mol. The van der Waals surface area contributed by atoms with E-state index in [2.05, 4.69) is 0 Å². The number of carbonyl (C=O) groups excluding carboxylic acids is 3. The predicted octanol–water partition coefficient (Wildman–Crippen LogP) is 3.24. The molecule has 0 saturated carbocycles. The Hall–Kier alpha value is -3.12. The molecule has 0 aliphatic carbocycles. The Morgan fingerprint density at radius 1 is 1.07 bits per heavy atom. The molecular weight excluding hydrogens is 392 g/mol. The topological polar surface area (TPSA) is 66.9 Å². The van der Waals surface area contributed by atoms with Crippen LogP contribution in [0.5, 0.6) is 0 Å². The van der Waals surface area contributed by atoms with Crippen LogP contribution in [0.1, 0.15) is 17.2 Å². The van der Waals surface area contributed by atoms with Gasteiger partial charge in [-0.2, -0.15) is 0 Å². The number of benzene rings is 2. The number of likely N-dealkylation sites (tertiary alicyclic amines) is 1. The molecule has 2 fully saturated rings. The number of hydrogen-bond acceptors (Lipinski definition) is 4. The summed E-state index contributed by atoms with van der Waals surface area (Å²) in [7, 11) is 0. The van der Waals surface area contributed by atoms with Crippen LogP contribution in [0.4, 0.5) is 4.79 Å². The second-order valence-electron chi connectivity index (χ2n) is 6.94. The number of β-lactam (4-membered cyclic amide) rings is 1. The lowest BCUT2D eigenvalue weighted by Crippen LogP contribution is -2.70. The number of ether oxygens (including phenoxy) is 1. The largest absolute Gasteiger partial charge is 0.447 e. The van der Waals surface area contributed by atoms with Crippen molar-refractivity contribution in [3.8, 4) is 0 Å². The molecule has 148 valence electrons. The zero-order chi connectivity index (χ0) is 20.4. The highest BCUT2D eigenvalue weighted by Crippen LogP contribution is 2.37. The van der Waals surface area contributed by atoms with Crippen molar-refractivity contribution in [1.29, 1.82) is 0 Å². The average Bonchev–Trinajstić information content (AvgIpc) is 3.11. The smallest absolute Gasteiger partial charge is 0.411 e. The Balaban J connectivity index is 1.64. The molecule has 2 aromatic carbocycles. The molecule has 0 spiro atoms. The first kappa shape index (κ1) is 19.2. The first-order valence-electron chi connectivity index (χ1n) is 9.28. The summed E-state index contributed by atoms with van der Waals surface area (Å²) in [6, 6.07) is 17.5. The maximum absolute atomic E-state index is 12.9. The van der Waals surface area contributed by atoms with Gasteiger partial charge in [0.2, 0.25) is 11.1 Å². The van der Waals surface area contributed by atoms with E-state index in [9.17, 15) is 14.4 Å². The zero-order valence-corrected chi connectivity index (χ0v) is 16.2. The summed E-state index contributed by atoms with van der Waals surface area (Å²) < 4.78 is 5.26. The molecule has 2 aliphatic rings. The SMILES string of the molecule is O=C(Cl)CN1C(=O)C(N2C(=O)OC[C@@H]2c2ccccc2)C1C=Cc1ccccc1. The number of cyclic esters (lactones) is 1. The fraction of sp³-hybridized carbons (Fsp3) is 0.227. The third-order valence-electron chi connectivity index (χ3n) is 5.19. The summed E-state index contributed by atoms with van der Waals surface area (Å²) in [4.78, 5) is 39.7. The number of hydrogen-bond donors (Lipinski definition) is 0. The maximum Gasteiger partial charge on any atom is 0.411 e. The van der Waals surface area contributed by atoms with Crippen molar-refractivity contribution < 1.29 is 19.1 Å². The monoisotopic (exact) mass is 410 g/mol. The van der Waals surface area contributed by atoms with E-state index in [0.29, 0.717) is 0 Å². The van der Waals surface area contributed by atoms with Crippen LogP contribution in [0.25, 0.3) is 6.08 Å². The number of carbonyl (C=O) groups is 3. The van der Waals surface area contributed by atoms with Crippen LogP contribution in [-0.4, -0.2) is 52.3 Å². The molecule has 2 amide bonds. The van der Waals surface area contributed by atoms with Crippen molar-refractivity contribution >= 4 is 34.9 Å². The Bertz CT molecular complexity index is 948. The zero-order valence-electron chi connectivity index (χ0n) is 15.5. The highest BCUT2D eigenvalue weighted by atomic mass is 35.5. The van der Waals surface area contributed by atoms with Crippen LogP contribution < -0.4 is 0 Å². The van der Waals surface area contributed by atoms with Crippen LogP contribution in [-0.2, 0) is 14.3 Å². The van der Waals surface area contributed by atoms with E-state index in [1.54, 1.807) is 0 Å². The number of amides is 2. The Kier molecular flexibility index (Phi) is 5.36. The molecule has 6 nitrogen and oxygen atoms in total. The van der Waals surface area contributed by atoms with Crippen LogP contribution in [0.2, 0.25) is 0 Å². The van der Waals surface area contributed by atoms with E-state index in [-0.39, 0.29) is 25.1 Å². The molecule has 0 aromatic heterocycles. The summed E-state index contributed by atoms with van der Waals surface area (Å²) in [6.07, 6.45) is 3.16. The normalized spacial score (nSPS) is 24.0. The van der Waals surface area contributed by atoms with Crippen LogP contribution in [0.3, 0.4) is 0 Å². The minimum absolute atomic E-state index is 0.177. The van der Waals surface area contributed by atoms with Crippen LogP contribution >= 0.6 is 11.6 Å². The fourth-order valence-electron chi connectivity index (χ4n) is 3.81. The van der Waals surface area contributed by atoms with Gasteiger partial charge in [0.05, 0.1) is 18.6 Å². The molecule has 0 radical (unpaired) electrons. The van der Waals surface area contributed by atoms with Crippen molar-refractivity contribution in [3.05, 3.63) is 77.9 Å². The summed E-state index contributed by atoms with van der Waals surface area (Å²) >= 11 is 5.53. The highest BCUT2D eigenvalue weighted by molar-refractivity contribution is 6.64. The van der Waals surface area contributed by atoms with Gasteiger partial charge in [-0.1, -0.05) is 72.8 Å². The van der Waals surface area contributed by atoms with Gasteiger partial charge in [0.15, 0.2) is 0 Å². The van der Waals surface area contributed by atoms with Crippen molar-refractivity contribution in [2.45, 2.75) is 18.1 Å². The standard InChI is InChI=1S/C22H19ClN2O4/c23-19(26)13-24-17(12-11-15-7-3-1-4-8-15)20(21(24)27)25-18(14-29-22(25)28)16-9-5-2-6-10-16/h1-12,17-18,20H,13-14H2/t17?,18-,20?/m1/s1. The number of rotatable bonds is 6. The molecule has 2 aromatic rings. The maximum atomic E-state index is 12.9. The molecule has 0 bridgehead atoms. The molecule has 29 heavy (non-hydrogen) atoms. The van der Waals surface area contributed by atoms with Gasteiger partial charge in [-0.25, -0.2) is 4.79 Å². The predicted molar refractivity (Wildman–Crippen MR) is 108 cm³/mol. The van der Waals surface area contributed by atoms with Gasteiger partial charge in [0.25, 0.3) is 0 Å². The Morgan fingerprint density at radius 2 is 1.72 bits per heavy atom. The minimum Gasteiger partial charge on any atom is -0.447 e. The second kappa shape index (κ2) is 8.09. The Morgan fingerprint density at radius 3 is 2.38 bits per heavy atom. The van der Waals surface area contributed by atoms with Gasteiger partial charge in [-0.15, -0.1) is 0 Å². The van der Waals surface area contributed by atoms with E-state index in [4.69, 9.17) is 16.3 Å². The quantitative estimate of drug-likeness (QED) is 0.541. The summed E-state index contributed by atoms with van der Waals surface area (Å²) in [6.45, 7) is -0.0320. The first-order chi connectivity index (χ1) is 14.1. The van der Waals surface area contributed by atoms with Gasteiger partial charge in [0, 0.05) is 0 Å². The van der Waals surface area contributed by atoms with Crippen LogP contribution in [0, 0.1) is 0 Å². The molecule has 3 atom stereocenters. The lowest BCUT2D eigenvalue weighted by atomic mass is 9.90. The summed E-state index contributed by atoms with van der Waals surface area (Å²) in [5, 5.41) is -0.626. The number of halogens is 1. The first-order valence-corrected chi connectivity index (χ1v) is 9.66. The lowest BCUT2D eigenvalue weighted by Gasteiger charge is -2.49. The van der Waals surface area contributed by atoms with E-state index in [1.165, 1.54) is 9.80 Å². The van der Waals surface area contributed by atoms with Gasteiger partial charge >= 0.3 is 6.09 Å². The van der Waals surface area contributed by atoms with E-state index < -0.39 is 23.4 Å². The summed E-state index contributed by atoms with van der Waals surface area (Å²) in [5.41, 5.74) is 1.84. The van der Waals surface area contributed by atoms with Crippen LogP contribution in [0.15, 0.2) is 66.7 Å².